The lowest BCUT2D eigenvalue weighted by Gasteiger charge is -2.42. The normalized spacial score (nSPS) is 22.4. The molecule has 0 aliphatic carbocycles. The van der Waals surface area contributed by atoms with Crippen LogP contribution in [0.1, 0.15) is 40.5 Å². The zero-order valence-corrected chi connectivity index (χ0v) is 14.8. The Hall–Kier alpha value is -3.14. The number of nitro benzene ring substituents is 1. The van der Waals surface area contributed by atoms with E-state index in [2.05, 4.69) is 0 Å². The molecule has 27 heavy (non-hydrogen) atoms. The smallest absolute Gasteiger partial charge is 0.282 e. The Kier molecular flexibility index (Phi) is 4.52. The summed E-state index contributed by atoms with van der Waals surface area (Å²) in [5.41, 5.74) is -2.55. The predicted octanol–water partition coefficient (Wildman–Crippen LogP) is 0.745. The number of ether oxygens (including phenoxy) is 1. The SMILES string of the molecule is COCCN1C(=O)CCC(C)(N2C(=O)c3cccc([N+](=O)[O-])c3C2=O)C1=O. The van der Waals surface area contributed by atoms with Crippen LogP contribution in [-0.2, 0) is 14.3 Å². The van der Waals surface area contributed by atoms with E-state index in [1.807, 2.05) is 0 Å². The highest BCUT2D eigenvalue weighted by Crippen LogP contribution is 2.38. The molecular weight excluding hydrogens is 358 g/mol. The third-order valence-corrected chi connectivity index (χ3v) is 4.93. The summed E-state index contributed by atoms with van der Waals surface area (Å²) in [4.78, 5) is 63.0. The van der Waals surface area contributed by atoms with Crippen LogP contribution < -0.4 is 0 Å². The van der Waals surface area contributed by atoms with Crippen molar-refractivity contribution in [3.05, 3.63) is 39.4 Å². The minimum atomic E-state index is -1.61. The van der Waals surface area contributed by atoms with Gasteiger partial charge < -0.3 is 4.74 Å². The van der Waals surface area contributed by atoms with Gasteiger partial charge in [-0.05, 0) is 19.4 Å². The van der Waals surface area contributed by atoms with Crippen molar-refractivity contribution >= 4 is 29.3 Å². The van der Waals surface area contributed by atoms with Gasteiger partial charge in [0.1, 0.15) is 11.1 Å². The van der Waals surface area contributed by atoms with Crippen LogP contribution in [0.4, 0.5) is 5.69 Å². The monoisotopic (exact) mass is 375 g/mol. The van der Waals surface area contributed by atoms with Crippen molar-refractivity contribution in [2.75, 3.05) is 20.3 Å². The van der Waals surface area contributed by atoms with E-state index in [1.54, 1.807) is 0 Å². The summed E-state index contributed by atoms with van der Waals surface area (Å²) < 4.78 is 4.90. The van der Waals surface area contributed by atoms with E-state index < -0.39 is 39.8 Å². The van der Waals surface area contributed by atoms with Crippen LogP contribution in [0.15, 0.2) is 18.2 Å². The molecule has 1 fully saturated rings. The van der Waals surface area contributed by atoms with Gasteiger partial charge in [-0.2, -0.15) is 0 Å². The average molecular weight is 375 g/mol. The Morgan fingerprint density at radius 1 is 1.22 bits per heavy atom. The zero-order chi connectivity index (χ0) is 19.9. The van der Waals surface area contributed by atoms with Crippen LogP contribution in [0.2, 0.25) is 0 Å². The van der Waals surface area contributed by atoms with Crippen molar-refractivity contribution < 1.29 is 28.8 Å². The highest BCUT2D eigenvalue weighted by atomic mass is 16.6. The maximum absolute atomic E-state index is 13.0. The van der Waals surface area contributed by atoms with Gasteiger partial charge in [-0.15, -0.1) is 0 Å². The van der Waals surface area contributed by atoms with Crippen LogP contribution in [0.3, 0.4) is 0 Å². The average Bonchev–Trinajstić information content (AvgIpc) is 2.90. The molecule has 0 bridgehead atoms. The van der Waals surface area contributed by atoms with Crippen LogP contribution in [0, 0.1) is 10.1 Å². The third kappa shape index (κ3) is 2.69. The minimum absolute atomic E-state index is 0.00687. The highest BCUT2D eigenvalue weighted by Gasteiger charge is 2.56. The molecule has 4 amide bonds. The molecule has 1 aromatic carbocycles. The second kappa shape index (κ2) is 6.54. The Bertz CT molecular complexity index is 881. The van der Waals surface area contributed by atoms with E-state index in [0.29, 0.717) is 0 Å². The van der Waals surface area contributed by atoms with Gasteiger partial charge in [-0.25, -0.2) is 0 Å². The lowest BCUT2D eigenvalue weighted by atomic mass is 9.87. The number of nitro groups is 1. The fourth-order valence-corrected chi connectivity index (χ4v) is 3.48. The number of nitrogens with zero attached hydrogens (tertiary/aromatic N) is 3. The molecular formula is C17H17N3O7. The molecule has 1 unspecified atom stereocenters. The van der Waals surface area contributed by atoms with E-state index in [0.717, 1.165) is 15.9 Å². The molecule has 0 aromatic heterocycles. The molecule has 0 N–H and O–H groups in total. The van der Waals surface area contributed by atoms with E-state index in [4.69, 9.17) is 4.74 Å². The Morgan fingerprint density at radius 2 is 1.93 bits per heavy atom. The number of carbonyl (C=O) groups excluding carboxylic acids is 4. The molecule has 1 atom stereocenters. The van der Waals surface area contributed by atoms with Crippen LogP contribution in [0.25, 0.3) is 0 Å². The van der Waals surface area contributed by atoms with Crippen molar-refractivity contribution in [2.45, 2.75) is 25.3 Å². The van der Waals surface area contributed by atoms with E-state index in [-0.39, 0.29) is 37.1 Å². The van der Waals surface area contributed by atoms with Gasteiger partial charge in [-0.3, -0.25) is 39.1 Å². The molecule has 142 valence electrons. The standard InChI is InChI=1S/C17H17N3O7/c1-17(7-6-12(21)18(16(17)24)8-9-27-2)19-14(22)10-4-3-5-11(20(25)26)13(10)15(19)23/h3-5H,6-9H2,1-2H3. The first-order valence-corrected chi connectivity index (χ1v) is 8.24. The number of rotatable bonds is 5. The van der Waals surface area contributed by atoms with Gasteiger partial charge in [-0.1, -0.05) is 6.07 Å². The van der Waals surface area contributed by atoms with Gasteiger partial charge in [0.15, 0.2) is 0 Å². The molecule has 10 heteroatoms. The number of piperidine rings is 1. The topological polar surface area (TPSA) is 127 Å². The summed E-state index contributed by atoms with van der Waals surface area (Å²) in [6.07, 6.45) is -0.0884. The summed E-state index contributed by atoms with van der Waals surface area (Å²) in [6, 6.07) is 3.76. The van der Waals surface area contributed by atoms with Crippen LogP contribution >= 0.6 is 0 Å². The van der Waals surface area contributed by atoms with Crippen molar-refractivity contribution in [3.8, 4) is 0 Å². The fourth-order valence-electron chi connectivity index (χ4n) is 3.48. The van der Waals surface area contributed by atoms with Crippen molar-refractivity contribution in [2.24, 2.45) is 0 Å². The molecule has 1 saturated heterocycles. The van der Waals surface area contributed by atoms with Crippen LogP contribution in [0.5, 0.6) is 0 Å². The van der Waals surface area contributed by atoms with Crippen LogP contribution in [-0.4, -0.2) is 64.2 Å². The first kappa shape index (κ1) is 18.6. The third-order valence-electron chi connectivity index (χ3n) is 4.93. The predicted molar refractivity (Wildman–Crippen MR) is 89.8 cm³/mol. The number of imide groups is 2. The Balaban J connectivity index is 2.03. The van der Waals surface area contributed by atoms with Gasteiger partial charge >= 0.3 is 0 Å². The lowest BCUT2D eigenvalue weighted by molar-refractivity contribution is -0.385. The molecule has 2 aliphatic rings. The number of amides is 4. The Labute approximate surface area is 153 Å². The molecule has 0 saturated carbocycles. The fraction of sp³-hybridized carbons (Fsp3) is 0.412. The van der Waals surface area contributed by atoms with E-state index in [9.17, 15) is 29.3 Å². The number of methoxy groups -OCH3 is 1. The summed E-state index contributed by atoms with van der Waals surface area (Å²) in [6.45, 7) is 1.50. The maximum Gasteiger partial charge on any atom is 0.282 e. The summed E-state index contributed by atoms with van der Waals surface area (Å²) in [5.74, 6) is -2.81. The summed E-state index contributed by atoms with van der Waals surface area (Å²) >= 11 is 0. The number of hydrogen-bond acceptors (Lipinski definition) is 7. The maximum atomic E-state index is 13.0. The molecule has 3 rings (SSSR count). The number of carbonyl (C=O) groups is 4. The largest absolute Gasteiger partial charge is 0.383 e. The number of likely N-dealkylation sites (tertiary alicyclic amines) is 1. The van der Waals surface area contributed by atoms with Gasteiger partial charge in [0.05, 0.1) is 23.6 Å². The van der Waals surface area contributed by atoms with E-state index >= 15 is 0 Å². The highest BCUT2D eigenvalue weighted by molar-refractivity contribution is 6.25. The van der Waals surface area contributed by atoms with Gasteiger partial charge in [0, 0.05) is 19.6 Å². The Morgan fingerprint density at radius 3 is 2.56 bits per heavy atom. The summed E-state index contributed by atoms with van der Waals surface area (Å²) in [5, 5.41) is 11.2. The van der Waals surface area contributed by atoms with E-state index in [1.165, 1.54) is 26.2 Å². The molecule has 2 heterocycles. The minimum Gasteiger partial charge on any atom is -0.383 e. The van der Waals surface area contributed by atoms with Crippen molar-refractivity contribution in [3.63, 3.8) is 0 Å². The molecule has 2 aliphatic heterocycles. The first-order chi connectivity index (χ1) is 12.7. The number of benzene rings is 1. The van der Waals surface area contributed by atoms with Gasteiger partial charge in [0.25, 0.3) is 23.4 Å². The van der Waals surface area contributed by atoms with Crippen molar-refractivity contribution in [1.29, 1.82) is 0 Å². The second-order valence-corrected chi connectivity index (χ2v) is 6.52. The lowest BCUT2D eigenvalue weighted by Crippen LogP contribution is -2.64. The molecule has 0 spiro atoms. The molecule has 0 radical (unpaired) electrons. The quantitative estimate of drug-likeness (QED) is 0.422. The zero-order valence-electron chi connectivity index (χ0n) is 14.8. The summed E-state index contributed by atoms with van der Waals surface area (Å²) in [7, 11) is 1.42. The van der Waals surface area contributed by atoms with Crippen molar-refractivity contribution in [1.82, 2.24) is 9.80 Å². The molecule has 1 aromatic rings. The first-order valence-electron chi connectivity index (χ1n) is 8.24. The molecule has 10 nitrogen and oxygen atoms in total. The number of hydrogen-bond donors (Lipinski definition) is 0. The van der Waals surface area contributed by atoms with Gasteiger partial charge in [0.2, 0.25) is 5.91 Å². The number of fused-ring (bicyclic) bond motifs is 1. The second-order valence-electron chi connectivity index (χ2n) is 6.52.